The summed E-state index contributed by atoms with van der Waals surface area (Å²) >= 11 is 0. The van der Waals surface area contributed by atoms with E-state index in [9.17, 15) is 38.7 Å². The molecule has 6 amide bonds. The van der Waals surface area contributed by atoms with Crippen LogP contribution in [0.2, 0.25) is 0 Å². The largest absolute Gasteiger partial charge is 0.480 e. The average molecular weight is 1160 g/mol. The van der Waals surface area contributed by atoms with Crippen molar-refractivity contribution in [3.05, 3.63) is 10.4 Å². The van der Waals surface area contributed by atoms with Gasteiger partial charge in [0.05, 0.1) is 33.0 Å². The molecule has 0 radical (unpaired) electrons. The number of carboxylic acids is 1. The van der Waals surface area contributed by atoms with Gasteiger partial charge in [0.25, 0.3) is 0 Å². The second-order valence-corrected chi connectivity index (χ2v) is 21.6. The molecule has 0 bridgehead atoms. The number of ether oxygens (including phenoxy) is 3. The van der Waals surface area contributed by atoms with Crippen LogP contribution in [0, 0.1) is 17.8 Å². The van der Waals surface area contributed by atoms with Crippen molar-refractivity contribution >= 4 is 59.3 Å². The third kappa shape index (κ3) is 30.9. The Bertz CT molecular complexity index is 2080. The molecule has 3 aliphatic carbocycles. The van der Waals surface area contributed by atoms with Crippen molar-refractivity contribution in [1.82, 2.24) is 31.9 Å². The van der Waals surface area contributed by atoms with Gasteiger partial charge in [0.15, 0.2) is 17.9 Å². The number of hydrogen-bond donors (Lipinski definition) is 13. The summed E-state index contributed by atoms with van der Waals surface area (Å²) in [5.41, 5.74) is 41.7. The van der Waals surface area contributed by atoms with Gasteiger partial charge < -0.3 is 85.6 Å². The van der Waals surface area contributed by atoms with E-state index >= 15 is 0 Å². The summed E-state index contributed by atoms with van der Waals surface area (Å²) in [6.45, 7) is 1.25. The Morgan fingerprint density at radius 2 is 0.756 bits per heavy atom. The molecule has 6 atom stereocenters. The first-order chi connectivity index (χ1) is 39.4. The molecule has 29 heteroatoms. The zero-order valence-corrected chi connectivity index (χ0v) is 47.9. The maximum atomic E-state index is 14.8. The molecule has 464 valence electrons. The van der Waals surface area contributed by atoms with Gasteiger partial charge in [-0.15, -0.1) is 0 Å². The van der Waals surface area contributed by atoms with E-state index in [4.69, 9.17) is 54.1 Å². The molecule has 0 heterocycles. The SMILES string of the molecule is [N-]=[N+]=NCCOCCOCCOCC(=O)N[C@@H](CC1CCCCC1)C(=O)N[C@H](CCCN=C(N)N)C(=O)N[C@@H](CC1CCCCC1)C(=O)N[C@H](CCCN=C(N)N)C(=O)N[C@@H](CC1CCCCC1)C(=O)N[C@H](CCCN=C(N)N)C(=O)O. The number of carbonyl (C=O) groups is 7. The van der Waals surface area contributed by atoms with Gasteiger partial charge in [-0.05, 0) is 81.1 Å². The van der Waals surface area contributed by atoms with Crippen LogP contribution < -0.4 is 66.3 Å². The van der Waals surface area contributed by atoms with Gasteiger partial charge in [0, 0.05) is 31.1 Å². The number of nitrogens with one attached hydrogen (secondary N) is 6. The van der Waals surface area contributed by atoms with E-state index in [1.807, 2.05) is 0 Å². The Morgan fingerprint density at radius 3 is 1.12 bits per heavy atom. The lowest BCUT2D eigenvalue weighted by Gasteiger charge is -2.31. The van der Waals surface area contributed by atoms with Crippen LogP contribution in [0.4, 0.5) is 0 Å². The van der Waals surface area contributed by atoms with E-state index in [1.165, 1.54) is 0 Å². The highest BCUT2D eigenvalue weighted by Crippen LogP contribution is 2.30. The summed E-state index contributed by atoms with van der Waals surface area (Å²) in [6, 6.07) is -7.24. The fourth-order valence-electron chi connectivity index (χ4n) is 10.6. The molecular weight excluding hydrogens is 1060 g/mol. The highest BCUT2D eigenvalue weighted by atomic mass is 16.5. The van der Waals surface area contributed by atoms with Crippen LogP contribution in [-0.4, -0.2) is 166 Å². The van der Waals surface area contributed by atoms with Crippen LogP contribution >= 0.6 is 0 Å². The maximum Gasteiger partial charge on any atom is 0.326 e. The minimum absolute atomic E-state index is 0.00677. The van der Waals surface area contributed by atoms with Crippen LogP contribution in [0.15, 0.2) is 20.1 Å². The van der Waals surface area contributed by atoms with E-state index in [0.717, 1.165) is 96.3 Å². The van der Waals surface area contributed by atoms with Crippen LogP contribution in [0.25, 0.3) is 10.4 Å². The molecule has 0 saturated heterocycles. The molecule has 3 aliphatic rings. The standard InChI is InChI=1S/C53H96N18O11/c54-51(55)61-22-10-19-38(66-47(75)41(31-35-13-4-1-5-14-35)65-44(72)34-82-30-29-81-28-27-80-26-25-64-71-60)45(73)69-42(32-36-15-6-2-7-16-36)48(76)67-39(20-11-23-62-52(56)57)46(74)70-43(33-37-17-8-3-9-18-37)49(77)68-40(50(78)79)21-12-24-63-53(58)59/h35-43H,1-34H2,(H,65,72)(H,66,75)(H,67,76)(H,68,77)(H,69,73)(H,70,74)(H,78,79)(H4,54,55,61)(H4,56,57,62)(H4,58,59,63)/t38-,39-,40-,41+,42+,43+/m1/s1. The highest BCUT2D eigenvalue weighted by Gasteiger charge is 2.36. The third-order valence-electron chi connectivity index (χ3n) is 14.9. The second kappa shape index (κ2) is 41.3. The van der Waals surface area contributed by atoms with Gasteiger partial charge in [-0.25, -0.2) is 4.79 Å². The van der Waals surface area contributed by atoms with Gasteiger partial charge >= 0.3 is 5.97 Å². The number of guanidine groups is 3. The Hall–Kier alpha value is -6.71. The Balaban J connectivity index is 1.89. The highest BCUT2D eigenvalue weighted by molar-refractivity contribution is 5.97. The number of azide groups is 1. The van der Waals surface area contributed by atoms with E-state index in [0.29, 0.717) is 6.42 Å². The number of nitrogens with zero attached hydrogens (tertiary/aromatic N) is 6. The predicted octanol–water partition coefficient (Wildman–Crippen LogP) is 0.412. The van der Waals surface area contributed by atoms with Crippen molar-refractivity contribution in [3.8, 4) is 0 Å². The van der Waals surface area contributed by atoms with Gasteiger partial charge in [-0.2, -0.15) is 0 Å². The fraction of sp³-hybridized carbons (Fsp3) is 0.811. The lowest BCUT2D eigenvalue weighted by Crippen LogP contribution is -2.60. The number of nitrogens with two attached hydrogens (primary N) is 6. The maximum absolute atomic E-state index is 14.8. The molecule has 0 aliphatic heterocycles. The lowest BCUT2D eigenvalue weighted by molar-refractivity contribution is -0.142. The molecular formula is C53H96N18O11. The fourth-order valence-corrected chi connectivity index (χ4v) is 10.6. The smallest absolute Gasteiger partial charge is 0.326 e. The molecule has 3 fully saturated rings. The monoisotopic (exact) mass is 1160 g/mol. The molecule has 29 nitrogen and oxygen atoms in total. The number of aliphatic carboxylic acids is 1. The Morgan fingerprint density at radius 1 is 0.439 bits per heavy atom. The molecule has 19 N–H and O–H groups in total. The van der Waals surface area contributed by atoms with Crippen LogP contribution in [-0.2, 0) is 47.8 Å². The number of aliphatic imine (C=N–C) groups is 3. The van der Waals surface area contributed by atoms with Crippen molar-refractivity contribution in [2.45, 2.75) is 190 Å². The summed E-state index contributed by atoms with van der Waals surface area (Å²) in [7, 11) is 0. The van der Waals surface area contributed by atoms with E-state index in [2.05, 4.69) is 56.9 Å². The number of rotatable bonds is 41. The number of hydrogen-bond acceptors (Lipinski definition) is 14. The topological polar surface area (TPSA) is 482 Å². The molecule has 82 heavy (non-hydrogen) atoms. The summed E-state index contributed by atoms with van der Waals surface area (Å²) in [6.07, 6.45) is 15.2. The zero-order chi connectivity index (χ0) is 59.9. The number of carbonyl (C=O) groups excluding carboxylic acids is 6. The summed E-state index contributed by atoms with van der Waals surface area (Å²) < 4.78 is 16.3. The summed E-state index contributed by atoms with van der Waals surface area (Å²) in [5, 5.41) is 30.4. The van der Waals surface area contributed by atoms with Crippen molar-refractivity contribution < 1.29 is 52.9 Å². The van der Waals surface area contributed by atoms with Gasteiger partial charge in [-0.1, -0.05) is 101 Å². The zero-order valence-electron chi connectivity index (χ0n) is 47.9. The van der Waals surface area contributed by atoms with Crippen LogP contribution in [0.5, 0.6) is 0 Å². The number of carboxylic acid groups (broad SMARTS) is 1. The second-order valence-electron chi connectivity index (χ2n) is 21.6. The molecule has 0 unspecified atom stereocenters. The first-order valence-electron chi connectivity index (χ1n) is 29.4. The summed E-state index contributed by atoms with van der Waals surface area (Å²) in [5.74, 6) is -5.51. The summed E-state index contributed by atoms with van der Waals surface area (Å²) in [4.78, 5) is 113. The normalized spacial score (nSPS) is 17.1. The van der Waals surface area contributed by atoms with Crippen molar-refractivity contribution in [2.24, 2.45) is 72.2 Å². The van der Waals surface area contributed by atoms with Crippen LogP contribution in [0.1, 0.15) is 154 Å². The van der Waals surface area contributed by atoms with Gasteiger partial charge in [-0.3, -0.25) is 43.7 Å². The van der Waals surface area contributed by atoms with Gasteiger partial charge in [0.2, 0.25) is 35.4 Å². The molecule has 0 aromatic rings. The third-order valence-corrected chi connectivity index (χ3v) is 14.9. The predicted molar refractivity (Wildman–Crippen MR) is 309 cm³/mol. The first kappa shape index (κ1) is 69.6. The van der Waals surface area contributed by atoms with E-state index in [-0.39, 0.29) is 153 Å². The first-order valence-corrected chi connectivity index (χ1v) is 29.4. The Labute approximate surface area is 481 Å². The molecule has 0 aromatic carbocycles. The van der Waals surface area contributed by atoms with E-state index in [1.54, 1.807) is 0 Å². The van der Waals surface area contributed by atoms with Crippen molar-refractivity contribution in [3.63, 3.8) is 0 Å². The molecule has 3 saturated carbocycles. The Kier molecular flexibility index (Phi) is 35.0. The van der Waals surface area contributed by atoms with Crippen molar-refractivity contribution in [2.75, 3.05) is 65.8 Å². The molecule has 0 spiro atoms. The van der Waals surface area contributed by atoms with Crippen molar-refractivity contribution in [1.29, 1.82) is 0 Å². The minimum atomic E-state index is -1.31. The van der Waals surface area contributed by atoms with Crippen LogP contribution in [0.3, 0.4) is 0 Å². The number of amides is 6. The molecule has 3 rings (SSSR count). The minimum Gasteiger partial charge on any atom is -0.480 e. The average Bonchev–Trinajstić information content (AvgIpc) is 3.49. The van der Waals surface area contributed by atoms with Gasteiger partial charge in [0.1, 0.15) is 42.9 Å². The molecule has 0 aromatic heterocycles. The quantitative estimate of drug-likeness (QED) is 0.00985. The van der Waals surface area contributed by atoms with E-state index < -0.39 is 77.7 Å². The lowest BCUT2D eigenvalue weighted by atomic mass is 9.84.